The quantitative estimate of drug-likeness (QED) is 0.619. The number of likely N-dealkylation sites (tertiary alicyclic amines) is 1. The van der Waals surface area contributed by atoms with Gasteiger partial charge in [-0.3, -0.25) is 9.59 Å². The number of carbonyl (C=O) groups excluding carboxylic acids is 2. The van der Waals surface area contributed by atoms with Gasteiger partial charge >= 0.3 is 12.1 Å². The zero-order valence-electron chi connectivity index (χ0n) is 19.5. The maximum atomic E-state index is 13.1. The van der Waals surface area contributed by atoms with Crippen LogP contribution < -0.4 is 5.32 Å². The topological polar surface area (TPSA) is 105 Å². The van der Waals surface area contributed by atoms with Gasteiger partial charge in [0.25, 0.3) is 0 Å². The fraction of sp³-hybridized carbons (Fsp3) is 0.423. The standard InChI is InChI=1S/C26H30N2O6/c1-26(24(30)31)12-13-28(16-26)23(29)22(11-14-33-2)27-25(32)34-15-21-19-9-5-3-7-17(19)18-8-4-6-10-20(18)21/h3-10,21-22H,11-16H2,1-2H3,(H,27,32)(H,30,31). The van der Waals surface area contributed by atoms with Gasteiger partial charge in [0.15, 0.2) is 0 Å². The van der Waals surface area contributed by atoms with Crippen molar-refractivity contribution in [1.82, 2.24) is 10.2 Å². The summed E-state index contributed by atoms with van der Waals surface area (Å²) in [6, 6.07) is 15.3. The Balaban J connectivity index is 1.41. The number of carbonyl (C=O) groups is 3. The maximum absolute atomic E-state index is 13.1. The van der Waals surface area contributed by atoms with Crippen molar-refractivity contribution in [2.24, 2.45) is 5.41 Å². The fourth-order valence-electron chi connectivity index (χ4n) is 4.82. The summed E-state index contributed by atoms with van der Waals surface area (Å²) in [5, 5.41) is 12.1. The van der Waals surface area contributed by atoms with E-state index in [0.717, 1.165) is 22.3 Å². The third-order valence-corrected chi connectivity index (χ3v) is 6.85. The molecule has 2 aromatic carbocycles. The van der Waals surface area contributed by atoms with E-state index in [1.807, 2.05) is 36.4 Å². The van der Waals surface area contributed by atoms with Crippen molar-refractivity contribution in [2.45, 2.75) is 31.7 Å². The molecule has 0 radical (unpaired) electrons. The van der Waals surface area contributed by atoms with Gasteiger partial charge in [-0.2, -0.15) is 0 Å². The average Bonchev–Trinajstić information content (AvgIpc) is 3.39. The molecule has 34 heavy (non-hydrogen) atoms. The lowest BCUT2D eigenvalue weighted by atomic mass is 9.90. The first-order chi connectivity index (χ1) is 16.3. The lowest BCUT2D eigenvalue weighted by Crippen LogP contribution is -2.49. The van der Waals surface area contributed by atoms with E-state index in [2.05, 4.69) is 17.4 Å². The Morgan fingerprint density at radius 1 is 1.12 bits per heavy atom. The smallest absolute Gasteiger partial charge is 0.407 e. The van der Waals surface area contributed by atoms with Crippen molar-refractivity contribution in [3.05, 3.63) is 59.7 Å². The first kappa shape index (κ1) is 23.8. The lowest BCUT2D eigenvalue weighted by Gasteiger charge is -2.25. The number of methoxy groups -OCH3 is 1. The summed E-state index contributed by atoms with van der Waals surface area (Å²) in [5.74, 6) is -1.34. The normalized spacial score (nSPS) is 19.9. The molecule has 8 heteroatoms. The molecule has 0 bridgehead atoms. The van der Waals surface area contributed by atoms with Gasteiger partial charge in [-0.15, -0.1) is 0 Å². The molecule has 1 fully saturated rings. The van der Waals surface area contributed by atoms with Crippen LogP contribution in [0.25, 0.3) is 11.1 Å². The zero-order valence-corrected chi connectivity index (χ0v) is 19.5. The summed E-state index contributed by atoms with van der Waals surface area (Å²) in [5.41, 5.74) is 3.50. The van der Waals surface area contributed by atoms with Crippen molar-refractivity contribution < 1.29 is 29.0 Å². The fourth-order valence-corrected chi connectivity index (χ4v) is 4.82. The average molecular weight is 467 g/mol. The summed E-state index contributed by atoms with van der Waals surface area (Å²) in [4.78, 5) is 38.9. The molecule has 0 aromatic heterocycles. The van der Waals surface area contributed by atoms with Crippen LogP contribution in [0.15, 0.2) is 48.5 Å². The number of hydrogen-bond donors (Lipinski definition) is 2. The molecule has 2 N–H and O–H groups in total. The number of carboxylic acids is 1. The highest BCUT2D eigenvalue weighted by Crippen LogP contribution is 2.44. The lowest BCUT2D eigenvalue weighted by molar-refractivity contribution is -0.147. The van der Waals surface area contributed by atoms with Crippen LogP contribution in [0.1, 0.15) is 36.8 Å². The predicted molar refractivity (Wildman–Crippen MR) is 125 cm³/mol. The second kappa shape index (κ2) is 9.85. The molecule has 1 aliphatic carbocycles. The molecule has 1 heterocycles. The van der Waals surface area contributed by atoms with Crippen LogP contribution in [-0.4, -0.2) is 67.4 Å². The minimum Gasteiger partial charge on any atom is -0.481 e. The molecule has 8 nitrogen and oxygen atoms in total. The van der Waals surface area contributed by atoms with Crippen LogP contribution in [0.3, 0.4) is 0 Å². The summed E-state index contributed by atoms with van der Waals surface area (Å²) < 4.78 is 10.7. The zero-order chi connectivity index (χ0) is 24.3. The minimum atomic E-state index is -0.981. The van der Waals surface area contributed by atoms with Crippen LogP contribution in [0.4, 0.5) is 4.79 Å². The molecule has 180 valence electrons. The number of benzene rings is 2. The molecule has 1 saturated heterocycles. The number of fused-ring (bicyclic) bond motifs is 3. The Bertz CT molecular complexity index is 1040. The molecule has 2 aromatic rings. The molecule has 1 aliphatic heterocycles. The largest absolute Gasteiger partial charge is 0.481 e. The Hall–Kier alpha value is -3.39. The van der Waals surface area contributed by atoms with Gasteiger partial charge in [-0.05, 0) is 35.6 Å². The molecule has 0 spiro atoms. The SMILES string of the molecule is COCCC(NC(=O)OCC1c2ccccc2-c2ccccc21)C(=O)N1CCC(C)(C(=O)O)C1. The molecule has 0 saturated carbocycles. The highest BCUT2D eigenvalue weighted by atomic mass is 16.5. The first-order valence-corrected chi connectivity index (χ1v) is 11.5. The third kappa shape index (κ3) is 4.63. The number of nitrogens with zero attached hydrogens (tertiary/aromatic N) is 1. The minimum absolute atomic E-state index is 0.0823. The Morgan fingerprint density at radius 2 is 1.74 bits per heavy atom. The Morgan fingerprint density at radius 3 is 2.29 bits per heavy atom. The molecular formula is C26H30N2O6. The molecule has 2 unspecified atom stereocenters. The third-order valence-electron chi connectivity index (χ3n) is 6.85. The van der Waals surface area contributed by atoms with E-state index in [-0.39, 0.29) is 38.0 Å². The van der Waals surface area contributed by atoms with E-state index < -0.39 is 23.5 Å². The molecule has 4 rings (SSSR count). The van der Waals surface area contributed by atoms with Gasteiger partial charge in [0.1, 0.15) is 12.6 Å². The summed E-state index contributed by atoms with van der Waals surface area (Å²) in [6.45, 7) is 2.48. The van der Waals surface area contributed by atoms with Crippen molar-refractivity contribution in [3.63, 3.8) is 0 Å². The maximum Gasteiger partial charge on any atom is 0.407 e. The van der Waals surface area contributed by atoms with E-state index in [1.165, 1.54) is 12.0 Å². The van der Waals surface area contributed by atoms with Crippen LogP contribution >= 0.6 is 0 Å². The number of rotatable bonds is 8. The van der Waals surface area contributed by atoms with Crippen molar-refractivity contribution >= 4 is 18.0 Å². The number of ether oxygens (including phenoxy) is 2. The molecule has 2 atom stereocenters. The highest BCUT2D eigenvalue weighted by Gasteiger charge is 2.43. The van der Waals surface area contributed by atoms with Gasteiger partial charge in [-0.1, -0.05) is 48.5 Å². The van der Waals surface area contributed by atoms with Gasteiger partial charge in [0.2, 0.25) is 5.91 Å². The van der Waals surface area contributed by atoms with Crippen LogP contribution in [0.5, 0.6) is 0 Å². The summed E-state index contributed by atoms with van der Waals surface area (Å²) in [7, 11) is 1.52. The second-order valence-electron chi connectivity index (χ2n) is 9.18. The van der Waals surface area contributed by atoms with E-state index in [4.69, 9.17) is 9.47 Å². The number of nitrogens with one attached hydrogen (secondary N) is 1. The predicted octanol–water partition coefficient (Wildman–Crippen LogP) is 3.25. The molecule has 2 amide bonds. The summed E-state index contributed by atoms with van der Waals surface area (Å²) in [6.07, 6.45) is -0.0490. The monoisotopic (exact) mass is 466 g/mol. The number of alkyl carbamates (subject to hydrolysis) is 1. The van der Waals surface area contributed by atoms with Crippen molar-refractivity contribution in [3.8, 4) is 11.1 Å². The van der Waals surface area contributed by atoms with E-state index >= 15 is 0 Å². The first-order valence-electron chi connectivity index (χ1n) is 11.5. The van der Waals surface area contributed by atoms with Gasteiger partial charge in [0.05, 0.1) is 5.41 Å². The summed E-state index contributed by atoms with van der Waals surface area (Å²) >= 11 is 0. The van der Waals surface area contributed by atoms with Crippen LogP contribution in [0.2, 0.25) is 0 Å². The number of carboxylic acid groups (broad SMARTS) is 1. The van der Waals surface area contributed by atoms with Crippen molar-refractivity contribution in [1.29, 1.82) is 0 Å². The van der Waals surface area contributed by atoms with Gasteiger partial charge in [0, 0.05) is 39.1 Å². The van der Waals surface area contributed by atoms with Crippen LogP contribution in [-0.2, 0) is 19.1 Å². The Labute approximate surface area is 198 Å². The number of amides is 2. The number of aliphatic carboxylic acids is 1. The van der Waals surface area contributed by atoms with E-state index in [1.54, 1.807) is 6.92 Å². The molecule has 2 aliphatic rings. The molecular weight excluding hydrogens is 436 g/mol. The second-order valence-corrected chi connectivity index (χ2v) is 9.18. The Kier molecular flexibility index (Phi) is 6.88. The van der Waals surface area contributed by atoms with Gasteiger partial charge < -0.3 is 24.8 Å². The van der Waals surface area contributed by atoms with Crippen LogP contribution in [0, 0.1) is 5.41 Å². The highest BCUT2D eigenvalue weighted by molar-refractivity contribution is 5.87. The van der Waals surface area contributed by atoms with E-state index in [9.17, 15) is 19.5 Å². The van der Waals surface area contributed by atoms with Gasteiger partial charge in [-0.25, -0.2) is 4.79 Å². The van der Waals surface area contributed by atoms with Crippen molar-refractivity contribution in [2.75, 3.05) is 33.4 Å². The van der Waals surface area contributed by atoms with E-state index in [0.29, 0.717) is 13.0 Å². The number of hydrogen-bond acceptors (Lipinski definition) is 5.